The number of hydrogen-bond acceptors (Lipinski definition) is 5. The summed E-state index contributed by atoms with van der Waals surface area (Å²) in [7, 11) is -3.63. The number of thiocarbonyl (C=S) groups is 1. The van der Waals surface area contributed by atoms with E-state index in [9.17, 15) is 13.2 Å². The van der Waals surface area contributed by atoms with E-state index in [0.29, 0.717) is 23.6 Å². The second-order valence-corrected chi connectivity index (χ2v) is 11.0. The van der Waals surface area contributed by atoms with Gasteiger partial charge in [0.25, 0.3) is 5.91 Å². The fraction of sp³-hybridized carbons (Fsp3) is 0.231. The zero-order valence-corrected chi connectivity index (χ0v) is 21.5. The predicted octanol–water partition coefficient (Wildman–Crippen LogP) is 4.51. The Balaban J connectivity index is 1.49. The van der Waals surface area contributed by atoms with Gasteiger partial charge in [-0.2, -0.15) is 0 Å². The van der Waals surface area contributed by atoms with E-state index in [1.165, 1.54) is 17.7 Å². The van der Waals surface area contributed by atoms with Crippen LogP contribution < -0.4 is 20.1 Å². The zero-order valence-electron chi connectivity index (χ0n) is 19.9. The molecule has 0 unspecified atom stereocenters. The highest BCUT2D eigenvalue weighted by atomic mass is 32.2. The van der Waals surface area contributed by atoms with Gasteiger partial charge in [-0.25, -0.2) is 13.1 Å². The number of carbonyl (C=O) groups excluding carboxylic acids is 1. The van der Waals surface area contributed by atoms with E-state index >= 15 is 0 Å². The number of sulfonamides is 1. The minimum Gasteiger partial charge on any atom is -0.493 e. The monoisotopic (exact) mass is 511 g/mol. The van der Waals surface area contributed by atoms with Crippen molar-refractivity contribution in [3.63, 3.8) is 0 Å². The summed E-state index contributed by atoms with van der Waals surface area (Å²) in [5.74, 6) is 0.307. The highest BCUT2D eigenvalue weighted by Crippen LogP contribution is 2.17. The van der Waals surface area contributed by atoms with Crippen LogP contribution in [0, 0.1) is 0 Å². The molecule has 3 rings (SSSR count). The van der Waals surface area contributed by atoms with E-state index in [1.54, 1.807) is 57.2 Å². The third kappa shape index (κ3) is 8.47. The molecule has 0 bridgehead atoms. The number of carbonyl (C=O) groups is 1. The molecule has 35 heavy (non-hydrogen) atoms. The molecule has 1 amide bonds. The van der Waals surface area contributed by atoms with Crippen molar-refractivity contribution in [1.82, 2.24) is 10.0 Å². The van der Waals surface area contributed by atoms with Gasteiger partial charge < -0.3 is 10.1 Å². The number of hydrogen-bond donors (Lipinski definition) is 3. The Morgan fingerprint density at radius 2 is 1.54 bits per heavy atom. The summed E-state index contributed by atoms with van der Waals surface area (Å²) < 4.78 is 33.2. The van der Waals surface area contributed by atoms with Crippen LogP contribution in [0.2, 0.25) is 0 Å². The van der Waals surface area contributed by atoms with Gasteiger partial charge in [0, 0.05) is 23.2 Å². The van der Waals surface area contributed by atoms with Crippen LogP contribution in [0.25, 0.3) is 0 Å². The van der Waals surface area contributed by atoms with Crippen molar-refractivity contribution in [1.29, 1.82) is 0 Å². The van der Waals surface area contributed by atoms with Crippen LogP contribution in [0.1, 0.15) is 36.7 Å². The lowest BCUT2D eigenvalue weighted by atomic mass is 10.1. The lowest BCUT2D eigenvalue weighted by molar-refractivity contribution is 0.0977. The van der Waals surface area contributed by atoms with Crippen LogP contribution in [0.4, 0.5) is 5.69 Å². The maximum absolute atomic E-state index is 12.5. The highest BCUT2D eigenvalue weighted by Gasteiger charge is 2.21. The molecule has 0 heterocycles. The Labute approximate surface area is 212 Å². The Morgan fingerprint density at radius 3 is 2.14 bits per heavy atom. The van der Waals surface area contributed by atoms with Gasteiger partial charge in [0.2, 0.25) is 10.0 Å². The molecular weight excluding hydrogens is 482 g/mol. The van der Waals surface area contributed by atoms with E-state index in [0.717, 1.165) is 6.42 Å². The largest absolute Gasteiger partial charge is 0.493 e. The van der Waals surface area contributed by atoms with Gasteiger partial charge in [-0.15, -0.1) is 0 Å². The van der Waals surface area contributed by atoms with Crippen LogP contribution >= 0.6 is 12.2 Å². The van der Waals surface area contributed by atoms with Crippen molar-refractivity contribution < 1.29 is 17.9 Å². The average Bonchev–Trinajstić information content (AvgIpc) is 2.79. The molecule has 0 atom stereocenters. The SMILES string of the molecule is CC(C)(C)NS(=O)(=O)c1ccc(NC(=S)NC(=O)c2ccc(OCCc3ccccc3)cc2)cc1. The first-order chi connectivity index (χ1) is 16.5. The van der Waals surface area contributed by atoms with Gasteiger partial charge in [0.05, 0.1) is 11.5 Å². The minimum atomic E-state index is -3.63. The first kappa shape index (κ1) is 26.3. The normalized spacial score (nSPS) is 11.5. The average molecular weight is 512 g/mol. The van der Waals surface area contributed by atoms with Gasteiger partial charge in [-0.1, -0.05) is 30.3 Å². The molecule has 3 N–H and O–H groups in total. The molecule has 0 saturated carbocycles. The van der Waals surface area contributed by atoms with Crippen LogP contribution in [0.5, 0.6) is 5.75 Å². The Morgan fingerprint density at radius 1 is 0.914 bits per heavy atom. The minimum absolute atomic E-state index is 0.0987. The molecule has 3 aromatic carbocycles. The molecule has 9 heteroatoms. The number of ether oxygens (including phenoxy) is 1. The lowest BCUT2D eigenvalue weighted by Crippen LogP contribution is -2.40. The summed E-state index contributed by atoms with van der Waals surface area (Å²) in [5.41, 5.74) is 1.59. The third-order valence-electron chi connectivity index (χ3n) is 4.71. The number of benzene rings is 3. The van der Waals surface area contributed by atoms with Crippen LogP contribution in [-0.2, 0) is 16.4 Å². The molecule has 0 aliphatic carbocycles. The molecule has 0 radical (unpaired) electrons. The summed E-state index contributed by atoms with van der Waals surface area (Å²) in [5, 5.41) is 5.60. The first-order valence-corrected chi connectivity index (χ1v) is 12.9. The molecule has 3 aromatic rings. The van der Waals surface area contributed by atoms with Gasteiger partial charge in [0.15, 0.2) is 5.11 Å². The Bertz CT molecular complexity index is 1250. The maximum atomic E-state index is 12.5. The number of nitrogens with one attached hydrogen (secondary N) is 3. The maximum Gasteiger partial charge on any atom is 0.257 e. The van der Waals surface area contributed by atoms with Crippen molar-refractivity contribution in [3.05, 3.63) is 90.0 Å². The topological polar surface area (TPSA) is 96.5 Å². The quantitative estimate of drug-likeness (QED) is 0.385. The first-order valence-electron chi connectivity index (χ1n) is 11.0. The molecule has 7 nitrogen and oxygen atoms in total. The Kier molecular flexibility index (Phi) is 8.61. The molecule has 0 aliphatic heterocycles. The van der Waals surface area contributed by atoms with Crippen molar-refractivity contribution in [2.75, 3.05) is 11.9 Å². The highest BCUT2D eigenvalue weighted by molar-refractivity contribution is 7.89. The van der Waals surface area contributed by atoms with E-state index < -0.39 is 15.6 Å². The van der Waals surface area contributed by atoms with Crippen LogP contribution in [-0.4, -0.2) is 31.6 Å². The summed E-state index contributed by atoms with van der Waals surface area (Å²) in [6.45, 7) is 5.85. The predicted molar refractivity (Wildman–Crippen MR) is 142 cm³/mol. The third-order valence-corrected chi connectivity index (χ3v) is 6.69. The fourth-order valence-electron chi connectivity index (χ4n) is 3.15. The second-order valence-electron chi connectivity index (χ2n) is 8.90. The number of anilines is 1. The molecular formula is C26H29N3O4S2. The van der Waals surface area contributed by atoms with E-state index in [1.807, 2.05) is 30.3 Å². The van der Waals surface area contributed by atoms with Crippen LogP contribution in [0.3, 0.4) is 0 Å². The van der Waals surface area contributed by atoms with Gasteiger partial charge in [-0.3, -0.25) is 10.1 Å². The summed E-state index contributed by atoms with van der Waals surface area (Å²) in [4.78, 5) is 12.6. The van der Waals surface area contributed by atoms with Crippen molar-refractivity contribution in [2.24, 2.45) is 0 Å². The van der Waals surface area contributed by atoms with Gasteiger partial charge >= 0.3 is 0 Å². The molecule has 0 spiro atoms. The molecule has 0 aliphatic rings. The fourth-order valence-corrected chi connectivity index (χ4v) is 4.78. The van der Waals surface area contributed by atoms with Gasteiger partial charge in [-0.05, 0) is 87.1 Å². The molecule has 0 fully saturated rings. The smallest absolute Gasteiger partial charge is 0.257 e. The van der Waals surface area contributed by atoms with Crippen molar-refractivity contribution >= 4 is 38.9 Å². The van der Waals surface area contributed by atoms with Gasteiger partial charge in [0.1, 0.15) is 5.75 Å². The standard InChI is InChI=1S/C26H29N3O4S2/c1-26(2,3)29-35(31,32)23-15-11-21(12-16-23)27-25(34)28-24(30)20-9-13-22(14-10-20)33-18-17-19-7-5-4-6-8-19/h4-16,29H,17-18H2,1-3H3,(H2,27,28,30,34). The lowest BCUT2D eigenvalue weighted by Gasteiger charge is -2.20. The van der Waals surface area contributed by atoms with E-state index in [-0.39, 0.29) is 15.9 Å². The number of amides is 1. The zero-order chi connectivity index (χ0) is 25.5. The Hall–Kier alpha value is -3.27. The van der Waals surface area contributed by atoms with Crippen molar-refractivity contribution in [2.45, 2.75) is 37.6 Å². The molecule has 0 aromatic heterocycles. The van der Waals surface area contributed by atoms with Crippen molar-refractivity contribution in [3.8, 4) is 5.75 Å². The second kappa shape index (κ2) is 11.4. The van der Waals surface area contributed by atoms with E-state index in [2.05, 4.69) is 15.4 Å². The van der Waals surface area contributed by atoms with E-state index in [4.69, 9.17) is 17.0 Å². The van der Waals surface area contributed by atoms with Crippen LogP contribution in [0.15, 0.2) is 83.8 Å². The summed E-state index contributed by atoms with van der Waals surface area (Å²) in [6, 6.07) is 23.0. The molecule has 0 saturated heterocycles. The number of rotatable bonds is 8. The summed E-state index contributed by atoms with van der Waals surface area (Å²) >= 11 is 5.22. The summed E-state index contributed by atoms with van der Waals surface area (Å²) in [6.07, 6.45) is 0.795. The molecule has 184 valence electrons.